The monoisotopic (exact) mass is 414 g/mol. The molecule has 150 valence electrons. The molecular weight excluding hydrogens is 395 g/mol. The van der Waals surface area contributed by atoms with Gasteiger partial charge in [0.2, 0.25) is 0 Å². The van der Waals surface area contributed by atoms with Crippen LogP contribution < -0.4 is 14.8 Å². The Kier molecular flexibility index (Phi) is 4.33. The van der Waals surface area contributed by atoms with E-state index in [4.69, 9.17) is 9.47 Å². The van der Waals surface area contributed by atoms with Crippen LogP contribution in [0.2, 0.25) is 0 Å². The average molecular weight is 414 g/mol. The molecule has 2 aromatic carbocycles. The SMILES string of the molecule is O=S(=O)(c1ccc2c(c1)OCCO2)n1cc(C2=CCNCC2)c2cc(F)ccc21. The Morgan fingerprint density at radius 3 is 2.66 bits per heavy atom. The number of hydrogen-bond acceptors (Lipinski definition) is 5. The molecule has 2 aliphatic rings. The first-order valence-electron chi connectivity index (χ1n) is 9.40. The Balaban J connectivity index is 1.69. The smallest absolute Gasteiger partial charge is 0.268 e. The molecule has 0 atom stereocenters. The van der Waals surface area contributed by atoms with Gasteiger partial charge in [-0.05, 0) is 48.9 Å². The van der Waals surface area contributed by atoms with Gasteiger partial charge >= 0.3 is 0 Å². The summed E-state index contributed by atoms with van der Waals surface area (Å²) in [6, 6.07) is 8.75. The average Bonchev–Trinajstić information content (AvgIpc) is 3.13. The summed E-state index contributed by atoms with van der Waals surface area (Å²) in [5, 5.41) is 3.82. The Hall–Kier alpha value is -2.84. The van der Waals surface area contributed by atoms with E-state index in [-0.39, 0.29) is 4.90 Å². The lowest BCUT2D eigenvalue weighted by atomic mass is 10.00. The van der Waals surface area contributed by atoms with Crippen molar-refractivity contribution in [3.05, 3.63) is 60.1 Å². The van der Waals surface area contributed by atoms with Crippen LogP contribution in [0.25, 0.3) is 16.5 Å². The van der Waals surface area contributed by atoms with Crippen molar-refractivity contribution in [3.63, 3.8) is 0 Å². The molecule has 0 amide bonds. The molecule has 0 spiro atoms. The van der Waals surface area contributed by atoms with Crippen LogP contribution in [0, 0.1) is 5.82 Å². The molecule has 1 aromatic heterocycles. The zero-order chi connectivity index (χ0) is 20.0. The second-order valence-electron chi connectivity index (χ2n) is 6.99. The Morgan fingerprint density at radius 2 is 1.86 bits per heavy atom. The molecule has 0 bridgehead atoms. The Bertz CT molecular complexity index is 1250. The number of rotatable bonds is 3. The first-order valence-corrected chi connectivity index (χ1v) is 10.8. The summed E-state index contributed by atoms with van der Waals surface area (Å²) >= 11 is 0. The van der Waals surface area contributed by atoms with Crippen molar-refractivity contribution >= 4 is 26.5 Å². The summed E-state index contributed by atoms with van der Waals surface area (Å²) in [5.41, 5.74) is 2.19. The molecule has 1 N–H and O–H groups in total. The second-order valence-corrected chi connectivity index (χ2v) is 8.81. The number of benzene rings is 2. The van der Waals surface area contributed by atoms with Gasteiger partial charge in [-0.25, -0.2) is 16.8 Å². The predicted octanol–water partition coefficient (Wildman–Crippen LogP) is 3.17. The van der Waals surface area contributed by atoms with Crippen molar-refractivity contribution in [1.29, 1.82) is 0 Å². The first-order chi connectivity index (χ1) is 14.0. The van der Waals surface area contributed by atoms with E-state index in [9.17, 15) is 12.8 Å². The molecule has 0 fully saturated rings. The van der Waals surface area contributed by atoms with Crippen LogP contribution >= 0.6 is 0 Å². The molecule has 0 aliphatic carbocycles. The van der Waals surface area contributed by atoms with E-state index in [2.05, 4.69) is 5.32 Å². The van der Waals surface area contributed by atoms with Gasteiger partial charge in [-0.3, -0.25) is 0 Å². The molecular formula is C21H19FN2O4S. The van der Waals surface area contributed by atoms with Crippen molar-refractivity contribution < 1.29 is 22.3 Å². The zero-order valence-electron chi connectivity index (χ0n) is 15.5. The third kappa shape index (κ3) is 3.08. The fourth-order valence-corrected chi connectivity index (χ4v) is 5.18. The Labute approximate surface area is 167 Å². The van der Waals surface area contributed by atoms with Crippen LogP contribution in [0.4, 0.5) is 4.39 Å². The topological polar surface area (TPSA) is 69.6 Å². The van der Waals surface area contributed by atoms with E-state index in [1.165, 1.54) is 34.3 Å². The van der Waals surface area contributed by atoms with Gasteiger partial charge < -0.3 is 14.8 Å². The highest BCUT2D eigenvalue weighted by molar-refractivity contribution is 7.90. The molecule has 5 rings (SSSR count). The third-order valence-corrected chi connectivity index (χ3v) is 6.88. The molecule has 0 unspecified atom stereocenters. The first kappa shape index (κ1) is 18.2. The van der Waals surface area contributed by atoms with Crippen molar-refractivity contribution in [3.8, 4) is 11.5 Å². The molecule has 0 saturated carbocycles. The molecule has 8 heteroatoms. The molecule has 2 aliphatic heterocycles. The number of halogens is 1. The second kappa shape index (κ2) is 6.89. The van der Waals surface area contributed by atoms with Crippen LogP contribution in [0.5, 0.6) is 11.5 Å². The van der Waals surface area contributed by atoms with E-state index in [0.29, 0.717) is 42.2 Å². The van der Waals surface area contributed by atoms with Crippen LogP contribution in [-0.2, 0) is 10.0 Å². The highest BCUT2D eigenvalue weighted by Crippen LogP contribution is 2.36. The number of nitrogens with zero attached hydrogens (tertiary/aromatic N) is 1. The highest BCUT2D eigenvalue weighted by atomic mass is 32.2. The molecule has 3 aromatic rings. The minimum Gasteiger partial charge on any atom is -0.486 e. The standard InChI is InChI=1S/C21H19FN2O4S/c22-15-1-3-19-17(11-15)18(14-5-7-23-8-6-14)13-24(19)29(25,26)16-2-4-20-21(12-16)28-10-9-27-20/h1-5,11-13,23H,6-10H2. The minimum absolute atomic E-state index is 0.0915. The van der Waals surface area contributed by atoms with E-state index in [1.54, 1.807) is 12.3 Å². The molecule has 3 heterocycles. The number of hydrogen-bond donors (Lipinski definition) is 1. The maximum absolute atomic E-state index is 14.0. The van der Waals surface area contributed by atoms with E-state index in [0.717, 1.165) is 24.1 Å². The van der Waals surface area contributed by atoms with Gasteiger partial charge in [-0.2, -0.15) is 0 Å². The molecule has 6 nitrogen and oxygen atoms in total. The molecule has 0 radical (unpaired) electrons. The van der Waals surface area contributed by atoms with Gasteiger partial charge in [-0.15, -0.1) is 0 Å². The number of aromatic nitrogens is 1. The van der Waals surface area contributed by atoms with Crippen molar-refractivity contribution in [2.75, 3.05) is 26.3 Å². The maximum atomic E-state index is 14.0. The minimum atomic E-state index is -3.91. The largest absolute Gasteiger partial charge is 0.486 e. The summed E-state index contributed by atoms with van der Waals surface area (Å²) in [6.45, 7) is 2.30. The van der Waals surface area contributed by atoms with Crippen LogP contribution in [-0.4, -0.2) is 38.7 Å². The number of fused-ring (bicyclic) bond motifs is 2. The van der Waals surface area contributed by atoms with Crippen LogP contribution in [0.3, 0.4) is 0 Å². The summed E-state index contributed by atoms with van der Waals surface area (Å²) < 4.78 is 53.1. The molecule has 0 saturated heterocycles. The Morgan fingerprint density at radius 1 is 1.03 bits per heavy atom. The lowest BCUT2D eigenvalue weighted by Gasteiger charge is -2.19. The summed E-state index contributed by atoms with van der Waals surface area (Å²) in [5.74, 6) is 0.527. The van der Waals surface area contributed by atoms with Gasteiger partial charge in [0, 0.05) is 29.8 Å². The fourth-order valence-electron chi connectivity index (χ4n) is 3.79. The number of nitrogens with one attached hydrogen (secondary N) is 1. The van der Waals surface area contributed by atoms with Crippen LogP contribution in [0.15, 0.2) is 53.6 Å². The molecule has 29 heavy (non-hydrogen) atoms. The summed E-state index contributed by atoms with van der Waals surface area (Å²) in [6.07, 6.45) is 4.36. The van der Waals surface area contributed by atoms with Gasteiger partial charge in [0.25, 0.3) is 10.0 Å². The maximum Gasteiger partial charge on any atom is 0.268 e. The number of ether oxygens (including phenoxy) is 2. The van der Waals surface area contributed by atoms with Crippen molar-refractivity contribution in [2.45, 2.75) is 11.3 Å². The van der Waals surface area contributed by atoms with Gasteiger partial charge in [0.05, 0.1) is 10.4 Å². The van der Waals surface area contributed by atoms with Gasteiger partial charge in [0.15, 0.2) is 11.5 Å². The quantitative estimate of drug-likeness (QED) is 0.713. The normalized spacial score (nSPS) is 16.7. The van der Waals surface area contributed by atoms with Crippen LogP contribution in [0.1, 0.15) is 12.0 Å². The predicted molar refractivity (Wildman–Crippen MR) is 107 cm³/mol. The lowest BCUT2D eigenvalue weighted by Crippen LogP contribution is -2.20. The zero-order valence-corrected chi connectivity index (χ0v) is 16.3. The third-order valence-electron chi connectivity index (χ3n) is 5.21. The van der Waals surface area contributed by atoms with Gasteiger partial charge in [-0.1, -0.05) is 6.08 Å². The van der Waals surface area contributed by atoms with E-state index in [1.807, 2.05) is 6.08 Å². The highest BCUT2D eigenvalue weighted by Gasteiger charge is 2.25. The van der Waals surface area contributed by atoms with Gasteiger partial charge in [0.1, 0.15) is 19.0 Å². The summed E-state index contributed by atoms with van der Waals surface area (Å²) in [4.78, 5) is 0.0915. The van der Waals surface area contributed by atoms with E-state index < -0.39 is 15.8 Å². The lowest BCUT2D eigenvalue weighted by molar-refractivity contribution is 0.171. The fraction of sp³-hybridized carbons (Fsp3) is 0.238. The summed E-state index contributed by atoms with van der Waals surface area (Å²) in [7, 11) is -3.91. The van der Waals surface area contributed by atoms with Crippen molar-refractivity contribution in [1.82, 2.24) is 9.29 Å². The van der Waals surface area contributed by atoms with E-state index >= 15 is 0 Å². The van der Waals surface area contributed by atoms with Crippen molar-refractivity contribution in [2.24, 2.45) is 0 Å².